The van der Waals surface area contributed by atoms with Crippen molar-refractivity contribution < 1.29 is 38.1 Å². The van der Waals surface area contributed by atoms with E-state index in [9.17, 15) is 19.2 Å². The van der Waals surface area contributed by atoms with Gasteiger partial charge in [-0.3, -0.25) is 0 Å². The molecule has 2 aromatic rings. The summed E-state index contributed by atoms with van der Waals surface area (Å²) in [4.78, 5) is 48.7. The van der Waals surface area contributed by atoms with Crippen LogP contribution < -0.4 is 0 Å². The highest BCUT2D eigenvalue weighted by Crippen LogP contribution is 2.16. The van der Waals surface area contributed by atoms with Crippen molar-refractivity contribution in [3.63, 3.8) is 0 Å². The number of carbonyl (C=O) groups is 4. The van der Waals surface area contributed by atoms with Crippen LogP contribution in [-0.4, -0.2) is 50.3 Å². The van der Waals surface area contributed by atoms with Gasteiger partial charge in [-0.1, -0.05) is 197 Å². The molecular formula is C58H96O8. The predicted molar refractivity (Wildman–Crippen MR) is 273 cm³/mol. The van der Waals surface area contributed by atoms with E-state index in [-0.39, 0.29) is 23.9 Å². The van der Waals surface area contributed by atoms with Gasteiger partial charge in [-0.15, -0.1) is 0 Å². The fourth-order valence-corrected chi connectivity index (χ4v) is 7.57. The van der Waals surface area contributed by atoms with E-state index in [2.05, 4.69) is 55.4 Å². The molecule has 0 N–H and O–H groups in total. The van der Waals surface area contributed by atoms with Crippen LogP contribution in [0.15, 0.2) is 48.5 Å². The number of rotatable bonds is 38. The highest BCUT2D eigenvalue weighted by molar-refractivity contribution is 5.94. The third kappa shape index (κ3) is 34.6. The molecule has 0 heterocycles. The molecule has 66 heavy (non-hydrogen) atoms. The Morgan fingerprint density at radius 1 is 0.273 bits per heavy atom. The van der Waals surface area contributed by atoms with E-state index in [0.29, 0.717) is 48.7 Å². The lowest BCUT2D eigenvalue weighted by Gasteiger charge is -2.07. The van der Waals surface area contributed by atoms with E-state index in [4.69, 9.17) is 18.9 Å². The average Bonchev–Trinajstić information content (AvgIpc) is 3.29. The van der Waals surface area contributed by atoms with Crippen molar-refractivity contribution in [3.8, 4) is 0 Å². The fraction of sp³-hybridized carbons (Fsp3) is 0.724. The van der Waals surface area contributed by atoms with Gasteiger partial charge in [-0.2, -0.15) is 0 Å². The van der Waals surface area contributed by atoms with Gasteiger partial charge in [0.2, 0.25) is 0 Å². The lowest BCUT2D eigenvalue weighted by Crippen LogP contribution is -2.09. The van der Waals surface area contributed by atoms with Crippen molar-refractivity contribution >= 4 is 23.9 Å². The van der Waals surface area contributed by atoms with Crippen LogP contribution >= 0.6 is 0 Å². The quantitative estimate of drug-likeness (QED) is 0.0373. The molecule has 0 radical (unpaired) electrons. The van der Waals surface area contributed by atoms with Gasteiger partial charge in [0.05, 0.1) is 48.7 Å². The van der Waals surface area contributed by atoms with E-state index < -0.39 is 0 Å². The molecule has 0 aromatic heterocycles. The molecule has 0 fully saturated rings. The van der Waals surface area contributed by atoms with Crippen molar-refractivity contribution in [1.29, 1.82) is 0 Å². The lowest BCUT2D eigenvalue weighted by atomic mass is 10.0. The van der Waals surface area contributed by atoms with Crippen molar-refractivity contribution in [2.75, 3.05) is 26.4 Å². The monoisotopic (exact) mass is 921 g/mol. The van der Waals surface area contributed by atoms with Crippen molar-refractivity contribution in [1.82, 2.24) is 0 Å². The number of benzene rings is 2. The molecule has 0 unspecified atom stereocenters. The smallest absolute Gasteiger partial charge is 0.338 e. The summed E-state index contributed by atoms with van der Waals surface area (Å²) >= 11 is 0. The van der Waals surface area contributed by atoms with Crippen LogP contribution in [0.5, 0.6) is 0 Å². The molecule has 376 valence electrons. The first-order valence-electron chi connectivity index (χ1n) is 26.7. The summed E-state index contributed by atoms with van der Waals surface area (Å²) in [5, 5.41) is 0. The van der Waals surface area contributed by atoms with E-state index >= 15 is 0 Å². The minimum atomic E-state index is -0.331. The maximum atomic E-state index is 12.2. The molecule has 0 aliphatic rings. The van der Waals surface area contributed by atoms with E-state index in [0.717, 1.165) is 75.0 Å². The zero-order valence-electron chi connectivity index (χ0n) is 43.4. The average molecular weight is 921 g/mol. The topological polar surface area (TPSA) is 105 Å². The third-order valence-electron chi connectivity index (χ3n) is 11.8. The Hall–Kier alpha value is -3.68. The number of unbranched alkanes of at least 4 members (excludes halogenated alkanes) is 18. The molecule has 2 rings (SSSR count). The standard InChI is InChI=1S/C30H50O4.C28H46O4/c1-25(2)17-13-9-5-7-11-15-23-33-29(31)27-19-21-28(22-20-27)30(32)34-24-16-12-8-6-10-14-18-26(3)4;1-23(2)15-11-7-5-9-13-21-31-27(29)25-17-19-26(20-18-25)28(30)32-22-14-10-6-8-12-16-24(3)4/h19-22,25-26H,5-18,23-24H2,1-4H3;17-20,23-24H,5-16,21-22H2,1-4H3. The Morgan fingerprint density at radius 2 is 0.424 bits per heavy atom. The first-order chi connectivity index (χ1) is 31.8. The molecule has 0 spiro atoms. The Labute approximate surface area is 403 Å². The predicted octanol–water partition coefficient (Wildman–Crippen LogP) is 16.8. The number of esters is 4. The number of hydrogen-bond donors (Lipinski definition) is 0. The normalized spacial score (nSPS) is 11.2. The summed E-state index contributed by atoms with van der Waals surface area (Å²) < 4.78 is 21.4. The Morgan fingerprint density at radius 3 is 0.591 bits per heavy atom. The molecule has 0 aliphatic heterocycles. The van der Waals surface area contributed by atoms with Crippen LogP contribution in [-0.2, 0) is 18.9 Å². The van der Waals surface area contributed by atoms with E-state index in [1.165, 1.54) is 116 Å². The molecule has 2 aromatic carbocycles. The Bertz CT molecular complexity index is 1380. The van der Waals surface area contributed by atoms with Gasteiger partial charge >= 0.3 is 23.9 Å². The van der Waals surface area contributed by atoms with Crippen LogP contribution in [0.4, 0.5) is 0 Å². The van der Waals surface area contributed by atoms with Gasteiger partial charge in [-0.05, 0) is 97.9 Å². The van der Waals surface area contributed by atoms with E-state index in [1.54, 1.807) is 48.5 Å². The Balaban J connectivity index is 0.000000661. The molecule has 0 aliphatic carbocycles. The van der Waals surface area contributed by atoms with Crippen molar-refractivity contribution in [2.45, 2.75) is 222 Å². The zero-order chi connectivity index (χ0) is 48.6. The van der Waals surface area contributed by atoms with Gasteiger partial charge in [0.1, 0.15) is 0 Å². The van der Waals surface area contributed by atoms with Gasteiger partial charge < -0.3 is 18.9 Å². The number of ether oxygens (including phenoxy) is 4. The highest BCUT2D eigenvalue weighted by Gasteiger charge is 2.13. The summed E-state index contributed by atoms with van der Waals surface area (Å²) in [6.45, 7) is 19.9. The van der Waals surface area contributed by atoms with Crippen LogP contribution in [0.3, 0.4) is 0 Å². The maximum Gasteiger partial charge on any atom is 0.338 e. The van der Waals surface area contributed by atoms with Crippen molar-refractivity contribution in [3.05, 3.63) is 70.8 Å². The first kappa shape index (κ1) is 60.3. The lowest BCUT2D eigenvalue weighted by molar-refractivity contribution is 0.0483. The second kappa shape index (κ2) is 40.4. The fourth-order valence-electron chi connectivity index (χ4n) is 7.57. The van der Waals surface area contributed by atoms with Gasteiger partial charge in [0, 0.05) is 0 Å². The largest absolute Gasteiger partial charge is 0.462 e. The van der Waals surface area contributed by atoms with Gasteiger partial charge in [-0.25, -0.2) is 19.2 Å². The number of carbonyl (C=O) groups excluding carboxylic acids is 4. The summed E-state index contributed by atoms with van der Waals surface area (Å²) in [5.41, 5.74) is 1.89. The Kier molecular flexibility index (Phi) is 36.9. The van der Waals surface area contributed by atoms with Crippen LogP contribution in [0, 0.1) is 23.7 Å². The molecule has 8 heteroatoms. The minimum Gasteiger partial charge on any atom is -0.462 e. The summed E-state index contributed by atoms with van der Waals surface area (Å²) in [6.07, 6.45) is 30.8. The molecular weight excluding hydrogens is 825 g/mol. The van der Waals surface area contributed by atoms with Crippen LogP contribution in [0.2, 0.25) is 0 Å². The molecule has 8 nitrogen and oxygen atoms in total. The van der Waals surface area contributed by atoms with Gasteiger partial charge in [0.15, 0.2) is 0 Å². The maximum absolute atomic E-state index is 12.2. The zero-order valence-corrected chi connectivity index (χ0v) is 43.4. The van der Waals surface area contributed by atoms with Crippen LogP contribution in [0.25, 0.3) is 0 Å². The second-order valence-electron chi connectivity index (χ2n) is 20.2. The van der Waals surface area contributed by atoms with Gasteiger partial charge in [0.25, 0.3) is 0 Å². The number of hydrogen-bond acceptors (Lipinski definition) is 8. The second-order valence-corrected chi connectivity index (χ2v) is 20.2. The SMILES string of the molecule is CC(C)CCCCCCCCOC(=O)c1ccc(C(=O)OCCCCCCCCC(C)C)cc1.CC(C)CCCCCCCOC(=O)c1ccc(C(=O)OCCCCCCCC(C)C)cc1. The molecule has 0 amide bonds. The van der Waals surface area contributed by atoms with Crippen LogP contribution in [0.1, 0.15) is 264 Å². The molecule has 0 bridgehead atoms. The minimum absolute atomic E-state index is 0.328. The summed E-state index contributed by atoms with van der Waals surface area (Å²) in [7, 11) is 0. The molecule has 0 saturated heterocycles. The highest BCUT2D eigenvalue weighted by atomic mass is 16.5. The summed E-state index contributed by atoms with van der Waals surface area (Å²) in [5.74, 6) is 1.82. The summed E-state index contributed by atoms with van der Waals surface area (Å²) in [6, 6.07) is 13.1. The van der Waals surface area contributed by atoms with Crippen molar-refractivity contribution in [2.24, 2.45) is 23.7 Å². The molecule has 0 saturated carbocycles. The third-order valence-corrected chi connectivity index (χ3v) is 11.8. The molecule has 0 atom stereocenters. The van der Waals surface area contributed by atoms with E-state index in [1.807, 2.05) is 0 Å². The first-order valence-corrected chi connectivity index (χ1v) is 26.7.